The number of carbonyl (C=O) groups is 6. The minimum absolute atomic E-state index is 0.0320. The molecular formula is C51H82N20O6. The van der Waals surface area contributed by atoms with Crippen LogP contribution in [0.2, 0.25) is 0 Å². The monoisotopic (exact) mass is 1070 g/mol. The van der Waals surface area contributed by atoms with E-state index in [0.717, 1.165) is 21.9 Å². The highest BCUT2D eigenvalue weighted by atomic mass is 16.2. The molecule has 0 spiro atoms. The molecule has 0 aliphatic rings. The van der Waals surface area contributed by atoms with Crippen molar-refractivity contribution in [3.8, 4) is 0 Å². The van der Waals surface area contributed by atoms with Crippen LogP contribution in [0, 0.1) is 5.41 Å². The predicted molar refractivity (Wildman–Crippen MR) is 300 cm³/mol. The number of nitrogens with zero attached hydrogens (tertiary/aromatic N) is 3. The van der Waals surface area contributed by atoms with E-state index in [4.69, 9.17) is 62.7 Å². The molecule has 3 aromatic carbocycles. The van der Waals surface area contributed by atoms with E-state index in [1.54, 1.807) is 24.3 Å². The van der Waals surface area contributed by atoms with Gasteiger partial charge in [0.15, 0.2) is 17.9 Å². The number of rotatable bonds is 36. The Morgan fingerprint density at radius 1 is 0.468 bits per heavy atom. The van der Waals surface area contributed by atoms with Crippen molar-refractivity contribution >= 4 is 69.9 Å². The molecule has 77 heavy (non-hydrogen) atoms. The molecule has 0 unspecified atom stereocenters. The van der Waals surface area contributed by atoms with E-state index in [2.05, 4.69) is 46.9 Å². The van der Waals surface area contributed by atoms with Gasteiger partial charge in [-0.15, -0.1) is 0 Å². The molecule has 0 bridgehead atoms. The second-order valence-electron chi connectivity index (χ2n) is 18.5. The molecule has 3 aromatic rings. The maximum absolute atomic E-state index is 14.5. The lowest BCUT2D eigenvalue weighted by molar-refractivity contribution is -0.135. The quantitative estimate of drug-likeness (QED) is 0.0158. The molecule has 0 radical (unpaired) electrons. The van der Waals surface area contributed by atoms with Crippen molar-refractivity contribution in [2.75, 3.05) is 32.7 Å². The SMILES string of the molecule is N=C(N)c1ccc(CNC(=O)[C@H](CCCCN)NC(=O)[C@H](CCCCN)NC(=O)[C@H](CCCN=C(N)N)NC(=O)[C@H](CCCN=C(N)N)NC(=O)[C@H](CCCN=C(N)N)NC(=O)[C@@H](N)Cc2cccc3ccccc23)cc1. The van der Waals surface area contributed by atoms with E-state index in [0.29, 0.717) is 44.3 Å². The van der Waals surface area contributed by atoms with Gasteiger partial charge in [0.25, 0.3) is 0 Å². The summed E-state index contributed by atoms with van der Waals surface area (Å²) >= 11 is 0. The van der Waals surface area contributed by atoms with Gasteiger partial charge < -0.3 is 89.2 Å². The highest BCUT2D eigenvalue weighted by Crippen LogP contribution is 2.20. The van der Waals surface area contributed by atoms with E-state index in [9.17, 15) is 28.8 Å². The third-order valence-corrected chi connectivity index (χ3v) is 12.3. The predicted octanol–water partition coefficient (Wildman–Crippen LogP) is -2.85. The first-order valence-corrected chi connectivity index (χ1v) is 25.8. The second kappa shape index (κ2) is 34.5. The summed E-state index contributed by atoms with van der Waals surface area (Å²) in [5.41, 5.74) is 59.1. The Balaban J connectivity index is 1.91. The molecular weight excluding hydrogens is 989 g/mol. The Kier molecular flexibility index (Phi) is 28.3. The molecule has 0 fully saturated rings. The van der Waals surface area contributed by atoms with Gasteiger partial charge in [0.05, 0.1) is 6.04 Å². The van der Waals surface area contributed by atoms with Crippen LogP contribution in [-0.2, 0) is 41.7 Å². The number of nitrogen functional groups attached to an aromatic ring is 1. The summed E-state index contributed by atoms with van der Waals surface area (Å²) in [5, 5.41) is 26.2. The third-order valence-electron chi connectivity index (χ3n) is 12.3. The second-order valence-corrected chi connectivity index (χ2v) is 18.5. The van der Waals surface area contributed by atoms with Crippen LogP contribution in [0.15, 0.2) is 81.7 Å². The molecule has 26 heteroatoms. The first-order valence-electron chi connectivity index (χ1n) is 25.8. The van der Waals surface area contributed by atoms with E-state index in [-0.39, 0.29) is 108 Å². The third kappa shape index (κ3) is 24.0. The van der Waals surface area contributed by atoms with E-state index < -0.39 is 71.7 Å². The zero-order valence-electron chi connectivity index (χ0n) is 43.8. The van der Waals surface area contributed by atoms with Gasteiger partial charge in [0.2, 0.25) is 35.4 Å². The normalized spacial score (nSPS) is 13.2. The number of amides is 6. The van der Waals surface area contributed by atoms with Crippen molar-refractivity contribution < 1.29 is 28.8 Å². The molecule has 0 aromatic heterocycles. The highest BCUT2D eigenvalue weighted by molar-refractivity contribution is 5.97. The number of amidine groups is 1. The van der Waals surface area contributed by atoms with Crippen molar-refractivity contribution in [1.29, 1.82) is 5.41 Å². The summed E-state index contributed by atoms with van der Waals surface area (Å²) in [6, 6.07) is 13.0. The molecule has 3 rings (SSSR count). The van der Waals surface area contributed by atoms with Crippen LogP contribution >= 0.6 is 0 Å². The highest BCUT2D eigenvalue weighted by Gasteiger charge is 2.33. The summed E-state index contributed by atoms with van der Waals surface area (Å²) in [4.78, 5) is 96.8. The summed E-state index contributed by atoms with van der Waals surface area (Å²) in [5.74, 6) is -4.72. The van der Waals surface area contributed by atoms with Crippen molar-refractivity contribution in [2.24, 2.45) is 72.3 Å². The van der Waals surface area contributed by atoms with Crippen molar-refractivity contribution in [3.05, 3.63) is 83.4 Å². The number of unbranched alkanes of at least 4 members (excludes halogenated alkanes) is 2. The van der Waals surface area contributed by atoms with Crippen molar-refractivity contribution in [2.45, 2.75) is 126 Å². The van der Waals surface area contributed by atoms with Crippen LogP contribution in [0.3, 0.4) is 0 Å². The molecule has 0 saturated carbocycles. The summed E-state index contributed by atoms with van der Waals surface area (Å²) in [6.07, 6.45) is 3.09. The lowest BCUT2D eigenvalue weighted by atomic mass is 9.98. The Labute approximate surface area is 449 Å². The standard InChI is InChI=1S/C51H82N20O6/c52-24-5-3-15-37(44(73)66-30-31-20-22-33(23-21-31)42(55)56)68-45(74)38(16-4-6-25-53)69-47(76)40(18-9-27-64-50(59)60)71-48(77)41(19-10-28-65-51(61)62)70-46(75)39(17-8-26-63-49(57)58)67-43(72)36(54)29-34-13-7-12-32-11-1-2-14-35(32)34/h1-2,7,11-14,20-23,36-41H,3-6,8-10,15-19,24-30,52-54H2,(H3,55,56)(H,66,73)(H,67,72)(H,68,74)(H,69,76)(H,70,75)(H,71,77)(H4,57,58,63)(H4,59,60,64)(H4,61,62,65)/t36-,37-,38-,39-,40-,41-/m0/s1. The lowest BCUT2D eigenvalue weighted by Gasteiger charge is -2.27. The number of carbonyl (C=O) groups excluding carboxylic acids is 6. The van der Waals surface area contributed by atoms with E-state index in [1.807, 2.05) is 42.5 Å². The fourth-order valence-corrected chi connectivity index (χ4v) is 8.12. The minimum atomic E-state index is -1.32. The van der Waals surface area contributed by atoms with Crippen LogP contribution in [0.4, 0.5) is 0 Å². The number of hydrogen-bond acceptors (Lipinski definition) is 13. The van der Waals surface area contributed by atoms with Crippen LogP contribution in [-0.4, -0.2) is 128 Å². The van der Waals surface area contributed by atoms with Crippen LogP contribution < -0.4 is 89.2 Å². The van der Waals surface area contributed by atoms with Gasteiger partial charge in [-0.25, -0.2) is 0 Å². The Morgan fingerprint density at radius 3 is 1.27 bits per heavy atom. The summed E-state index contributed by atoms with van der Waals surface area (Å²) < 4.78 is 0. The maximum atomic E-state index is 14.5. The van der Waals surface area contributed by atoms with Gasteiger partial charge >= 0.3 is 0 Å². The fraction of sp³-hybridized carbons (Fsp3) is 0.490. The van der Waals surface area contributed by atoms with Gasteiger partial charge in [-0.3, -0.25) is 49.2 Å². The number of benzene rings is 3. The number of nitrogens with two attached hydrogens (primary N) is 10. The average Bonchev–Trinajstić information content (AvgIpc) is 3.39. The van der Waals surface area contributed by atoms with E-state index in [1.165, 1.54) is 0 Å². The topological polar surface area (TPSA) is 496 Å². The van der Waals surface area contributed by atoms with Gasteiger partial charge in [-0.1, -0.05) is 66.7 Å². The molecule has 0 saturated heterocycles. The molecule has 0 aliphatic heterocycles. The van der Waals surface area contributed by atoms with Crippen LogP contribution in [0.5, 0.6) is 0 Å². The minimum Gasteiger partial charge on any atom is -0.384 e. The molecule has 27 N–H and O–H groups in total. The largest absolute Gasteiger partial charge is 0.384 e. The molecule has 6 amide bonds. The maximum Gasteiger partial charge on any atom is 0.243 e. The Hall–Kier alpha value is -8.10. The molecule has 26 nitrogen and oxygen atoms in total. The number of guanidine groups is 3. The van der Waals surface area contributed by atoms with Gasteiger partial charge in [-0.05, 0) is 118 Å². The van der Waals surface area contributed by atoms with Gasteiger partial charge in [0, 0.05) is 31.7 Å². The number of hydrogen-bond donors (Lipinski definition) is 17. The van der Waals surface area contributed by atoms with Crippen molar-refractivity contribution in [3.63, 3.8) is 0 Å². The molecule has 6 atom stereocenters. The Morgan fingerprint density at radius 2 is 0.857 bits per heavy atom. The molecule has 0 aliphatic carbocycles. The smallest absolute Gasteiger partial charge is 0.243 e. The summed E-state index contributed by atoms with van der Waals surface area (Å²) in [7, 11) is 0. The average molecular weight is 1070 g/mol. The van der Waals surface area contributed by atoms with Crippen LogP contribution in [0.1, 0.15) is 93.7 Å². The zero-order chi connectivity index (χ0) is 56.7. The lowest BCUT2D eigenvalue weighted by Crippen LogP contribution is -2.59. The summed E-state index contributed by atoms with van der Waals surface area (Å²) in [6.45, 7) is 1.05. The van der Waals surface area contributed by atoms with E-state index >= 15 is 0 Å². The molecule has 422 valence electrons. The first-order chi connectivity index (χ1) is 36.8. The van der Waals surface area contributed by atoms with Crippen molar-refractivity contribution in [1.82, 2.24) is 31.9 Å². The number of nitrogens with one attached hydrogen (secondary N) is 7. The number of fused-ring (bicyclic) bond motifs is 1. The fourth-order valence-electron chi connectivity index (χ4n) is 8.12. The molecule has 0 heterocycles. The zero-order valence-corrected chi connectivity index (χ0v) is 43.8. The van der Waals surface area contributed by atoms with Gasteiger partial charge in [-0.2, -0.15) is 0 Å². The Bertz CT molecular complexity index is 2470. The van der Waals surface area contributed by atoms with Crippen LogP contribution in [0.25, 0.3) is 10.8 Å². The number of aliphatic imine (C=N–C) groups is 3. The van der Waals surface area contributed by atoms with Gasteiger partial charge in [0.1, 0.15) is 36.0 Å². The first kappa shape index (κ1) is 63.2.